The zero-order chi connectivity index (χ0) is 13.7. The monoisotopic (exact) mass is 262 g/mol. The number of nitrogens with zero attached hydrogens (tertiary/aromatic N) is 2. The fourth-order valence-corrected chi connectivity index (χ4v) is 2.39. The van der Waals surface area contributed by atoms with Crippen LogP contribution in [-0.4, -0.2) is 55.1 Å². The number of piperazine rings is 1. The van der Waals surface area contributed by atoms with Crippen LogP contribution in [-0.2, 0) is 16.0 Å². The van der Waals surface area contributed by atoms with E-state index in [1.54, 1.807) is 9.80 Å². The third-order valence-corrected chi connectivity index (χ3v) is 3.39. The van der Waals surface area contributed by atoms with Gasteiger partial charge >= 0.3 is 6.09 Å². The molecule has 5 heteroatoms. The molecule has 1 fully saturated rings. The van der Waals surface area contributed by atoms with Gasteiger partial charge in [0.2, 0.25) is 6.41 Å². The van der Waals surface area contributed by atoms with Crippen LogP contribution in [0, 0.1) is 0 Å². The van der Waals surface area contributed by atoms with Crippen molar-refractivity contribution in [3.05, 3.63) is 35.9 Å². The summed E-state index contributed by atoms with van der Waals surface area (Å²) in [5.41, 5.74) is 1.15. The quantitative estimate of drug-likeness (QED) is 0.767. The Balaban J connectivity index is 2.11. The number of ether oxygens (including phenoxy) is 1. The van der Waals surface area contributed by atoms with E-state index in [4.69, 9.17) is 4.74 Å². The highest BCUT2D eigenvalue weighted by atomic mass is 16.5. The van der Waals surface area contributed by atoms with Gasteiger partial charge in [0.05, 0.1) is 13.2 Å². The molecule has 0 N–H and O–H groups in total. The van der Waals surface area contributed by atoms with E-state index in [-0.39, 0.29) is 12.1 Å². The van der Waals surface area contributed by atoms with Crippen LogP contribution < -0.4 is 0 Å². The molecule has 0 bridgehead atoms. The lowest BCUT2D eigenvalue weighted by Gasteiger charge is -2.39. The molecule has 1 saturated heterocycles. The molecule has 0 radical (unpaired) electrons. The number of benzene rings is 1. The Hall–Kier alpha value is -2.04. The summed E-state index contributed by atoms with van der Waals surface area (Å²) in [7, 11) is 1.38. The Morgan fingerprint density at radius 1 is 1.37 bits per heavy atom. The maximum Gasteiger partial charge on any atom is 0.409 e. The first-order valence-corrected chi connectivity index (χ1v) is 6.32. The van der Waals surface area contributed by atoms with Crippen LogP contribution in [0.25, 0.3) is 0 Å². The number of rotatable bonds is 3. The van der Waals surface area contributed by atoms with Crippen molar-refractivity contribution in [1.29, 1.82) is 0 Å². The predicted molar refractivity (Wildman–Crippen MR) is 70.7 cm³/mol. The zero-order valence-electron chi connectivity index (χ0n) is 11.0. The summed E-state index contributed by atoms with van der Waals surface area (Å²) in [6, 6.07) is 9.91. The van der Waals surface area contributed by atoms with Gasteiger partial charge in [0.15, 0.2) is 0 Å². The van der Waals surface area contributed by atoms with Crippen molar-refractivity contribution in [2.75, 3.05) is 26.7 Å². The van der Waals surface area contributed by atoms with Crippen LogP contribution in [0.5, 0.6) is 0 Å². The summed E-state index contributed by atoms with van der Waals surface area (Å²) < 4.78 is 4.81. The lowest BCUT2D eigenvalue weighted by Crippen LogP contribution is -2.55. The molecule has 2 rings (SSSR count). The molecule has 0 saturated carbocycles. The van der Waals surface area contributed by atoms with Crippen LogP contribution in [0.2, 0.25) is 0 Å². The summed E-state index contributed by atoms with van der Waals surface area (Å²) in [4.78, 5) is 26.1. The van der Waals surface area contributed by atoms with E-state index in [0.29, 0.717) is 19.6 Å². The number of hydrogen-bond acceptors (Lipinski definition) is 3. The Bertz CT molecular complexity index is 436. The Kier molecular flexibility index (Phi) is 4.39. The maximum absolute atomic E-state index is 11.8. The Labute approximate surface area is 112 Å². The third kappa shape index (κ3) is 3.24. The van der Waals surface area contributed by atoms with Crippen molar-refractivity contribution in [2.24, 2.45) is 0 Å². The second-order valence-corrected chi connectivity index (χ2v) is 4.61. The van der Waals surface area contributed by atoms with Crippen molar-refractivity contribution in [2.45, 2.75) is 12.5 Å². The minimum Gasteiger partial charge on any atom is -0.453 e. The highest BCUT2D eigenvalue weighted by Crippen LogP contribution is 2.15. The molecule has 1 aliphatic rings. The number of carbonyl (C=O) groups excluding carboxylic acids is 2. The van der Waals surface area contributed by atoms with Crippen molar-refractivity contribution in [3.63, 3.8) is 0 Å². The fourth-order valence-electron chi connectivity index (χ4n) is 2.39. The average Bonchev–Trinajstić information content (AvgIpc) is 2.47. The SMILES string of the molecule is COC(=O)N1CCN(C=O)CC1Cc1ccccc1. The van der Waals surface area contributed by atoms with Gasteiger partial charge in [0.25, 0.3) is 0 Å². The van der Waals surface area contributed by atoms with Crippen molar-refractivity contribution in [1.82, 2.24) is 9.80 Å². The molecular formula is C14H18N2O3. The molecule has 0 aliphatic carbocycles. The maximum atomic E-state index is 11.8. The van der Waals surface area contributed by atoms with Crippen molar-refractivity contribution < 1.29 is 14.3 Å². The van der Waals surface area contributed by atoms with Gasteiger partial charge < -0.3 is 14.5 Å². The molecular weight excluding hydrogens is 244 g/mol. The predicted octanol–water partition coefficient (Wildman–Crippen LogP) is 1.14. The van der Waals surface area contributed by atoms with Crippen LogP contribution >= 0.6 is 0 Å². The summed E-state index contributed by atoms with van der Waals surface area (Å²) >= 11 is 0. The van der Waals surface area contributed by atoms with E-state index in [0.717, 1.165) is 18.4 Å². The first-order valence-electron chi connectivity index (χ1n) is 6.32. The lowest BCUT2D eigenvalue weighted by molar-refractivity contribution is -0.120. The summed E-state index contributed by atoms with van der Waals surface area (Å²) in [6.45, 7) is 1.63. The minimum atomic E-state index is -0.327. The molecule has 1 unspecified atom stereocenters. The normalized spacial score (nSPS) is 19.1. The summed E-state index contributed by atoms with van der Waals surface area (Å²) in [5, 5.41) is 0. The smallest absolute Gasteiger partial charge is 0.409 e. The standard InChI is InChI=1S/C14H18N2O3/c1-19-14(18)16-8-7-15(11-17)10-13(16)9-12-5-3-2-4-6-12/h2-6,11,13H,7-10H2,1H3. The molecule has 1 aromatic carbocycles. The second-order valence-electron chi connectivity index (χ2n) is 4.61. The first kappa shape index (κ1) is 13.4. The number of carbonyl (C=O) groups is 2. The van der Waals surface area contributed by atoms with Gasteiger partial charge in [-0.05, 0) is 12.0 Å². The van der Waals surface area contributed by atoms with E-state index in [1.165, 1.54) is 7.11 Å². The number of methoxy groups -OCH3 is 1. The zero-order valence-corrected chi connectivity index (χ0v) is 11.0. The van der Waals surface area contributed by atoms with Crippen LogP contribution in [0.15, 0.2) is 30.3 Å². The molecule has 5 nitrogen and oxygen atoms in total. The van der Waals surface area contributed by atoms with E-state index < -0.39 is 0 Å². The molecule has 0 spiro atoms. The van der Waals surface area contributed by atoms with E-state index in [9.17, 15) is 9.59 Å². The summed E-state index contributed by atoms with van der Waals surface area (Å²) in [6.07, 6.45) is 1.24. The molecule has 1 aliphatic heterocycles. The van der Waals surface area contributed by atoms with E-state index in [1.807, 2.05) is 30.3 Å². The van der Waals surface area contributed by atoms with Crippen molar-refractivity contribution >= 4 is 12.5 Å². The van der Waals surface area contributed by atoms with Crippen LogP contribution in [0.1, 0.15) is 5.56 Å². The molecule has 1 aromatic rings. The van der Waals surface area contributed by atoms with Gasteiger partial charge in [-0.1, -0.05) is 30.3 Å². The second kappa shape index (κ2) is 6.22. The lowest BCUT2D eigenvalue weighted by atomic mass is 10.0. The van der Waals surface area contributed by atoms with Gasteiger partial charge in [-0.25, -0.2) is 4.79 Å². The van der Waals surface area contributed by atoms with Gasteiger partial charge in [-0.2, -0.15) is 0 Å². The van der Waals surface area contributed by atoms with Gasteiger partial charge in [0, 0.05) is 19.6 Å². The Morgan fingerprint density at radius 2 is 2.11 bits per heavy atom. The molecule has 1 heterocycles. The highest BCUT2D eigenvalue weighted by molar-refractivity contribution is 5.68. The van der Waals surface area contributed by atoms with Crippen LogP contribution in [0.4, 0.5) is 4.79 Å². The Morgan fingerprint density at radius 3 is 2.74 bits per heavy atom. The number of hydrogen-bond donors (Lipinski definition) is 0. The van der Waals surface area contributed by atoms with E-state index in [2.05, 4.69) is 0 Å². The van der Waals surface area contributed by atoms with Crippen LogP contribution in [0.3, 0.4) is 0 Å². The number of amides is 2. The van der Waals surface area contributed by atoms with Gasteiger partial charge in [-0.3, -0.25) is 4.79 Å². The van der Waals surface area contributed by atoms with Crippen molar-refractivity contribution in [3.8, 4) is 0 Å². The molecule has 19 heavy (non-hydrogen) atoms. The summed E-state index contributed by atoms with van der Waals surface area (Å²) in [5.74, 6) is 0. The third-order valence-electron chi connectivity index (χ3n) is 3.39. The average molecular weight is 262 g/mol. The van der Waals surface area contributed by atoms with Gasteiger partial charge in [0.1, 0.15) is 0 Å². The van der Waals surface area contributed by atoms with E-state index >= 15 is 0 Å². The van der Waals surface area contributed by atoms with Gasteiger partial charge in [-0.15, -0.1) is 0 Å². The fraction of sp³-hybridized carbons (Fsp3) is 0.429. The molecule has 2 amide bonds. The first-order chi connectivity index (χ1) is 9.24. The minimum absolute atomic E-state index is 0.0335. The molecule has 0 aromatic heterocycles. The molecule has 1 atom stereocenters. The highest BCUT2D eigenvalue weighted by Gasteiger charge is 2.30. The molecule has 102 valence electrons. The topological polar surface area (TPSA) is 49.9 Å². The largest absolute Gasteiger partial charge is 0.453 e.